The summed E-state index contributed by atoms with van der Waals surface area (Å²) < 4.78 is 6.03. The molecule has 0 aliphatic heterocycles. The zero-order valence-electron chi connectivity index (χ0n) is 16.1. The smallest absolute Gasteiger partial charge is 0.407 e. The van der Waals surface area contributed by atoms with Crippen molar-refractivity contribution >= 4 is 40.6 Å². The van der Waals surface area contributed by atoms with Crippen LogP contribution in [0, 0.1) is 3.57 Å². The first-order chi connectivity index (χ1) is 14.3. The fourth-order valence-electron chi connectivity index (χ4n) is 2.57. The van der Waals surface area contributed by atoms with Gasteiger partial charge in [-0.25, -0.2) is 9.59 Å². The third kappa shape index (κ3) is 8.78. The molecular formula is C21H23IN2O6. The van der Waals surface area contributed by atoms with Crippen molar-refractivity contribution in [3.8, 4) is 0 Å². The topological polar surface area (TPSA) is 125 Å². The highest BCUT2D eigenvalue weighted by atomic mass is 127. The summed E-state index contributed by atoms with van der Waals surface area (Å²) in [5.41, 5.74) is 1.59. The average Bonchev–Trinajstić information content (AvgIpc) is 2.72. The van der Waals surface area contributed by atoms with Gasteiger partial charge in [0.2, 0.25) is 5.91 Å². The minimum absolute atomic E-state index is 0.0854. The van der Waals surface area contributed by atoms with Crippen LogP contribution in [-0.4, -0.2) is 46.9 Å². The standard InChI is InChI=1S/C21H23IN2O6/c22-16-8-6-14(7-9-16)10-18(20(27)28)24-19(26)11-17(25)12-23-21(29)30-13-15-4-2-1-3-5-15/h1-9,17-18,25H,10-13H2,(H,23,29)(H,24,26)(H,27,28)/t17-,18-/m0/s1. The summed E-state index contributed by atoms with van der Waals surface area (Å²) in [6, 6.07) is 15.3. The van der Waals surface area contributed by atoms with Crippen molar-refractivity contribution in [2.75, 3.05) is 6.54 Å². The van der Waals surface area contributed by atoms with Crippen molar-refractivity contribution < 1.29 is 29.3 Å². The molecule has 8 nitrogen and oxygen atoms in total. The van der Waals surface area contributed by atoms with Crippen LogP contribution in [0.5, 0.6) is 0 Å². The average molecular weight is 526 g/mol. The first kappa shape index (κ1) is 23.6. The Morgan fingerprint density at radius 3 is 2.30 bits per heavy atom. The highest BCUT2D eigenvalue weighted by molar-refractivity contribution is 14.1. The molecule has 0 bridgehead atoms. The summed E-state index contributed by atoms with van der Waals surface area (Å²) >= 11 is 2.14. The number of carbonyl (C=O) groups is 3. The van der Waals surface area contributed by atoms with E-state index in [1.165, 1.54) is 0 Å². The van der Waals surface area contributed by atoms with E-state index in [-0.39, 0.29) is 26.0 Å². The number of aliphatic hydroxyl groups is 1. The first-order valence-corrected chi connectivity index (χ1v) is 10.3. The number of alkyl carbamates (subject to hydrolysis) is 1. The fourth-order valence-corrected chi connectivity index (χ4v) is 2.93. The molecule has 0 heterocycles. The second kappa shape index (κ2) is 12.1. The Balaban J connectivity index is 1.73. The molecule has 2 aromatic rings. The molecule has 2 atom stereocenters. The normalized spacial score (nSPS) is 12.5. The lowest BCUT2D eigenvalue weighted by atomic mass is 10.1. The highest BCUT2D eigenvalue weighted by Crippen LogP contribution is 2.09. The third-order valence-corrected chi connectivity index (χ3v) is 4.82. The number of nitrogens with one attached hydrogen (secondary N) is 2. The molecular weight excluding hydrogens is 503 g/mol. The van der Waals surface area contributed by atoms with E-state index in [1.807, 2.05) is 42.5 Å². The van der Waals surface area contributed by atoms with Gasteiger partial charge in [-0.1, -0.05) is 42.5 Å². The molecule has 0 saturated heterocycles. The Bertz CT molecular complexity index is 844. The van der Waals surface area contributed by atoms with Crippen molar-refractivity contribution in [2.24, 2.45) is 0 Å². The first-order valence-electron chi connectivity index (χ1n) is 9.22. The van der Waals surface area contributed by atoms with Gasteiger partial charge in [0.15, 0.2) is 0 Å². The third-order valence-electron chi connectivity index (χ3n) is 4.10. The number of hydrogen-bond donors (Lipinski definition) is 4. The second-order valence-electron chi connectivity index (χ2n) is 6.59. The Morgan fingerprint density at radius 2 is 1.67 bits per heavy atom. The molecule has 4 N–H and O–H groups in total. The van der Waals surface area contributed by atoms with Gasteiger partial charge in [0.1, 0.15) is 12.6 Å². The quantitative estimate of drug-likeness (QED) is 0.352. The Hall–Kier alpha value is -2.66. The zero-order valence-corrected chi connectivity index (χ0v) is 18.2. The van der Waals surface area contributed by atoms with Crippen LogP contribution in [0.2, 0.25) is 0 Å². The summed E-state index contributed by atoms with van der Waals surface area (Å²) in [6.45, 7) is -0.113. The van der Waals surface area contributed by atoms with E-state index in [4.69, 9.17) is 4.74 Å². The maximum Gasteiger partial charge on any atom is 0.407 e. The molecule has 0 spiro atoms. The van der Waals surface area contributed by atoms with Crippen molar-refractivity contribution in [1.82, 2.24) is 10.6 Å². The molecule has 0 radical (unpaired) electrons. The molecule has 9 heteroatoms. The van der Waals surface area contributed by atoms with Gasteiger partial charge >= 0.3 is 12.1 Å². The van der Waals surface area contributed by atoms with Gasteiger partial charge in [-0.3, -0.25) is 4.79 Å². The van der Waals surface area contributed by atoms with E-state index >= 15 is 0 Å². The Labute approximate surface area is 187 Å². The van der Waals surface area contributed by atoms with Crippen molar-refractivity contribution in [3.63, 3.8) is 0 Å². The van der Waals surface area contributed by atoms with E-state index < -0.39 is 30.1 Å². The van der Waals surface area contributed by atoms with Gasteiger partial charge in [0, 0.05) is 16.5 Å². The Morgan fingerprint density at radius 1 is 1.00 bits per heavy atom. The van der Waals surface area contributed by atoms with E-state index in [0.717, 1.165) is 14.7 Å². The van der Waals surface area contributed by atoms with E-state index in [0.29, 0.717) is 0 Å². The molecule has 2 rings (SSSR count). The number of carboxylic acids is 1. The maximum atomic E-state index is 12.1. The van der Waals surface area contributed by atoms with Crippen molar-refractivity contribution in [2.45, 2.75) is 31.6 Å². The lowest BCUT2D eigenvalue weighted by Gasteiger charge is -2.17. The summed E-state index contributed by atoms with van der Waals surface area (Å²) in [7, 11) is 0. The van der Waals surface area contributed by atoms with E-state index in [2.05, 4.69) is 33.2 Å². The number of rotatable bonds is 10. The van der Waals surface area contributed by atoms with Crippen LogP contribution in [0.3, 0.4) is 0 Å². The minimum Gasteiger partial charge on any atom is -0.480 e. The number of amides is 2. The highest BCUT2D eigenvalue weighted by Gasteiger charge is 2.22. The maximum absolute atomic E-state index is 12.1. The fraction of sp³-hybridized carbons (Fsp3) is 0.286. The lowest BCUT2D eigenvalue weighted by molar-refractivity contribution is -0.142. The second-order valence-corrected chi connectivity index (χ2v) is 7.84. The van der Waals surface area contributed by atoms with Crippen LogP contribution in [0.15, 0.2) is 54.6 Å². The van der Waals surface area contributed by atoms with Gasteiger partial charge in [0.05, 0.1) is 12.5 Å². The van der Waals surface area contributed by atoms with E-state index in [1.54, 1.807) is 12.1 Å². The Kier molecular flexibility index (Phi) is 9.55. The SMILES string of the molecule is O=C(C[C@H](O)CNC(=O)OCc1ccccc1)N[C@@H](Cc1ccc(I)cc1)C(=O)O. The van der Waals surface area contributed by atoms with Gasteiger partial charge in [-0.15, -0.1) is 0 Å². The van der Waals surface area contributed by atoms with Crippen LogP contribution in [0.4, 0.5) is 4.79 Å². The van der Waals surface area contributed by atoms with Gasteiger partial charge in [0.25, 0.3) is 0 Å². The van der Waals surface area contributed by atoms with Crippen LogP contribution in [0.1, 0.15) is 17.5 Å². The molecule has 0 unspecified atom stereocenters. The van der Waals surface area contributed by atoms with Crippen LogP contribution in [0.25, 0.3) is 0 Å². The number of carbonyl (C=O) groups excluding carboxylic acids is 2. The monoisotopic (exact) mass is 526 g/mol. The van der Waals surface area contributed by atoms with Crippen LogP contribution >= 0.6 is 22.6 Å². The predicted molar refractivity (Wildman–Crippen MR) is 118 cm³/mol. The number of aliphatic carboxylic acids is 1. The van der Waals surface area contributed by atoms with Crippen LogP contribution < -0.4 is 10.6 Å². The van der Waals surface area contributed by atoms with Crippen molar-refractivity contribution in [1.29, 1.82) is 0 Å². The lowest BCUT2D eigenvalue weighted by Crippen LogP contribution is -2.44. The van der Waals surface area contributed by atoms with Gasteiger partial charge < -0.3 is 25.6 Å². The van der Waals surface area contributed by atoms with Crippen molar-refractivity contribution in [3.05, 3.63) is 69.3 Å². The van der Waals surface area contributed by atoms with E-state index in [9.17, 15) is 24.6 Å². The molecule has 160 valence electrons. The van der Waals surface area contributed by atoms with Gasteiger partial charge in [-0.2, -0.15) is 0 Å². The summed E-state index contributed by atoms with van der Waals surface area (Å²) in [5.74, 6) is -1.79. The number of aliphatic hydroxyl groups excluding tert-OH is 1. The molecule has 0 aliphatic rings. The number of halogens is 1. The molecule has 0 aliphatic carbocycles. The predicted octanol–water partition coefficient (Wildman–Crippen LogP) is 2.08. The number of ether oxygens (including phenoxy) is 1. The molecule has 0 aromatic heterocycles. The largest absolute Gasteiger partial charge is 0.480 e. The minimum atomic E-state index is -1.18. The summed E-state index contributed by atoms with van der Waals surface area (Å²) in [4.78, 5) is 35.2. The zero-order chi connectivity index (χ0) is 21.9. The summed E-state index contributed by atoms with van der Waals surface area (Å²) in [6.07, 6.45) is -2.13. The molecule has 30 heavy (non-hydrogen) atoms. The number of carboxylic acid groups (broad SMARTS) is 1. The summed E-state index contributed by atoms with van der Waals surface area (Å²) in [5, 5.41) is 24.1. The molecule has 2 amide bonds. The van der Waals surface area contributed by atoms with Gasteiger partial charge in [-0.05, 0) is 45.9 Å². The number of hydrogen-bond acceptors (Lipinski definition) is 5. The molecule has 2 aromatic carbocycles. The molecule has 0 fully saturated rings. The van der Waals surface area contributed by atoms with Crippen LogP contribution in [-0.2, 0) is 27.4 Å². The molecule has 0 saturated carbocycles. The number of benzene rings is 2.